The van der Waals surface area contributed by atoms with Crippen LogP contribution in [-0.2, 0) is 0 Å². The first-order chi connectivity index (χ1) is 13.5. The highest BCUT2D eigenvalue weighted by Gasteiger charge is 2.22. The summed E-state index contributed by atoms with van der Waals surface area (Å²) in [6.07, 6.45) is 0. The van der Waals surface area contributed by atoms with Crippen LogP contribution in [0.2, 0.25) is 0 Å². The number of anilines is 2. The van der Waals surface area contributed by atoms with Crippen molar-refractivity contribution in [2.45, 2.75) is 6.92 Å². The molecule has 1 fully saturated rings. The van der Waals surface area contributed by atoms with Crippen molar-refractivity contribution in [3.05, 3.63) is 58.1 Å². The summed E-state index contributed by atoms with van der Waals surface area (Å²) in [6.45, 7) is 5.95. The number of amides is 1. The van der Waals surface area contributed by atoms with Crippen molar-refractivity contribution < 1.29 is 19.4 Å². The van der Waals surface area contributed by atoms with E-state index in [0.717, 1.165) is 31.9 Å². The van der Waals surface area contributed by atoms with Crippen molar-refractivity contribution in [1.29, 1.82) is 0 Å². The summed E-state index contributed by atoms with van der Waals surface area (Å²) in [5.74, 6) is -0.234. The molecule has 0 spiro atoms. The molecule has 0 radical (unpaired) electrons. The zero-order valence-electron chi connectivity index (χ0n) is 16.1. The Hall–Kier alpha value is -3.13. The van der Waals surface area contributed by atoms with Gasteiger partial charge in [-0.05, 0) is 31.2 Å². The minimum Gasteiger partial charge on any atom is -0.487 e. The number of piperazine rings is 1. The number of para-hydroxylation sites is 2. The number of benzene rings is 2. The van der Waals surface area contributed by atoms with Crippen LogP contribution < -0.4 is 19.9 Å². The average Bonchev–Trinajstić information content (AvgIpc) is 2.69. The van der Waals surface area contributed by atoms with Gasteiger partial charge in [-0.2, -0.15) is 0 Å². The highest BCUT2D eigenvalue weighted by molar-refractivity contribution is 6.06. The molecule has 0 aromatic heterocycles. The van der Waals surface area contributed by atoms with Gasteiger partial charge in [0.15, 0.2) is 5.75 Å². The fraction of sp³-hybridized carbons (Fsp3) is 0.350. The van der Waals surface area contributed by atoms with Gasteiger partial charge in [-0.1, -0.05) is 12.1 Å². The lowest BCUT2D eigenvalue weighted by Crippen LogP contribution is -3.12. The SMILES string of the molecule is CCOc1ccc(C(=O)Nc2ccccc2N2CC[NH+](C)CC2)cc1[N+](=O)[O-]. The number of nitrogens with zero attached hydrogens (tertiary/aromatic N) is 2. The van der Waals surface area contributed by atoms with Crippen LogP contribution in [0.1, 0.15) is 17.3 Å². The molecular weight excluding hydrogens is 360 g/mol. The highest BCUT2D eigenvalue weighted by Crippen LogP contribution is 2.30. The zero-order chi connectivity index (χ0) is 20.1. The van der Waals surface area contributed by atoms with E-state index in [0.29, 0.717) is 12.3 Å². The van der Waals surface area contributed by atoms with E-state index in [9.17, 15) is 14.9 Å². The number of nitrogens with one attached hydrogen (secondary N) is 2. The van der Waals surface area contributed by atoms with Crippen LogP contribution >= 0.6 is 0 Å². The fourth-order valence-electron chi connectivity index (χ4n) is 3.26. The molecule has 1 aliphatic heterocycles. The number of ether oxygens (including phenoxy) is 1. The standard InChI is InChI=1S/C20H24N4O4/c1-3-28-19-9-8-15(14-18(19)24(26)27)20(25)21-16-6-4-5-7-17(16)23-12-10-22(2)11-13-23/h4-9,14H,3,10-13H2,1-2H3,(H,21,25)/p+1. The van der Waals surface area contributed by atoms with Crippen molar-refractivity contribution in [1.82, 2.24) is 0 Å². The largest absolute Gasteiger partial charge is 0.487 e. The van der Waals surface area contributed by atoms with E-state index in [1.165, 1.54) is 23.1 Å². The lowest BCUT2D eigenvalue weighted by atomic mass is 10.1. The first kappa shape index (κ1) is 19.6. The van der Waals surface area contributed by atoms with Crippen molar-refractivity contribution in [3.8, 4) is 5.75 Å². The van der Waals surface area contributed by atoms with Crippen LogP contribution in [0.25, 0.3) is 0 Å². The number of likely N-dealkylation sites (N-methyl/N-ethyl adjacent to an activating group) is 1. The second kappa shape index (κ2) is 8.71. The maximum Gasteiger partial charge on any atom is 0.311 e. The molecule has 0 saturated carbocycles. The summed E-state index contributed by atoms with van der Waals surface area (Å²) in [7, 11) is 2.17. The van der Waals surface area contributed by atoms with E-state index < -0.39 is 10.8 Å². The fourth-order valence-corrected chi connectivity index (χ4v) is 3.26. The number of rotatable bonds is 6. The molecule has 3 rings (SSSR count). The molecule has 2 N–H and O–H groups in total. The Labute approximate surface area is 163 Å². The smallest absolute Gasteiger partial charge is 0.311 e. The minimum atomic E-state index is -0.539. The number of nitro benzene ring substituents is 1. The Morgan fingerprint density at radius 3 is 2.64 bits per heavy atom. The molecule has 0 aliphatic carbocycles. The number of quaternary nitrogens is 1. The molecule has 148 valence electrons. The Kier molecular flexibility index (Phi) is 6.10. The maximum absolute atomic E-state index is 12.7. The van der Waals surface area contributed by atoms with E-state index in [2.05, 4.69) is 17.3 Å². The second-order valence-corrected chi connectivity index (χ2v) is 6.79. The van der Waals surface area contributed by atoms with E-state index >= 15 is 0 Å². The molecule has 2 aromatic carbocycles. The summed E-state index contributed by atoms with van der Waals surface area (Å²) >= 11 is 0. The molecule has 8 nitrogen and oxygen atoms in total. The average molecular weight is 385 g/mol. The van der Waals surface area contributed by atoms with Crippen LogP contribution in [0.15, 0.2) is 42.5 Å². The molecule has 0 unspecified atom stereocenters. The van der Waals surface area contributed by atoms with Gasteiger partial charge in [-0.15, -0.1) is 0 Å². The predicted molar refractivity (Wildman–Crippen MR) is 107 cm³/mol. The Morgan fingerprint density at radius 1 is 1.25 bits per heavy atom. The van der Waals surface area contributed by atoms with E-state index in [4.69, 9.17) is 4.74 Å². The molecule has 28 heavy (non-hydrogen) atoms. The highest BCUT2D eigenvalue weighted by atomic mass is 16.6. The van der Waals surface area contributed by atoms with Gasteiger partial charge in [0.1, 0.15) is 0 Å². The summed E-state index contributed by atoms with van der Waals surface area (Å²) in [5, 5.41) is 14.2. The molecule has 1 amide bonds. The van der Waals surface area contributed by atoms with Crippen LogP contribution in [0.5, 0.6) is 5.75 Å². The number of hydrogen-bond donors (Lipinski definition) is 2. The van der Waals surface area contributed by atoms with Crippen molar-refractivity contribution in [3.63, 3.8) is 0 Å². The second-order valence-electron chi connectivity index (χ2n) is 6.79. The van der Waals surface area contributed by atoms with Crippen LogP contribution in [-0.4, -0.2) is 50.7 Å². The number of carbonyl (C=O) groups is 1. The van der Waals surface area contributed by atoms with E-state index in [1.54, 1.807) is 6.92 Å². The summed E-state index contributed by atoms with van der Waals surface area (Å²) < 4.78 is 5.28. The Balaban J connectivity index is 1.82. The summed E-state index contributed by atoms with van der Waals surface area (Å²) in [5.41, 5.74) is 1.66. The number of carbonyl (C=O) groups excluding carboxylic acids is 1. The van der Waals surface area contributed by atoms with Gasteiger partial charge in [0.05, 0.1) is 56.1 Å². The maximum atomic E-state index is 12.7. The van der Waals surface area contributed by atoms with Crippen molar-refractivity contribution >= 4 is 23.0 Å². The van der Waals surface area contributed by atoms with Gasteiger partial charge in [-0.25, -0.2) is 0 Å². The third-order valence-corrected chi connectivity index (χ3v) is 4.83. The van der Waals surface area contributed by atoms with E-state index in [-0.39, 0.29) is 17.0 Å². The topological polar surface area (TPSA) is 89.2 Å². The molecule has 2 aromatic rings. The van der Waals surface area contributed by atoms with Crippen molar-refractivity contribution in [2.24, 2.45) is 0 Å². The van der Waals surface area contributed by atoms with Crippen LogP contribution in [0.4, 0.5) is 17.1 Å². The van der Waals surface area contributed by atoms with Crippen LogP contribution in [0.3, 0.4) is 0 Å². The van der Waals surface area contributed by atoms with Gasteiger partial charge < -0.3 is 19.9 Å². The van der Waals surface area contributed by atoms with E-state index in [1.807, 2.05) is 24.3 Å². The van der Waals surface area contributed by atoms with Gasteiger partial charge in [0.2, 0.25) is 0 Å². The lowest BCUT2D eigenvalue weighted by Gasteiger charge is -2.33. The first-order valence-electron chi connectivity index (χ1n) is 9.37. The molecular formula is C20H25N4O4+. The third kappa shape index (κ3) is 4.40. The number of nitro groups is 1. The molecule has 0 bridgehead atoms. The Bertz CT molecular complexity index is 863. The zero-order valence-corrected chi connectivity index (χ0v) is 16.1. The molecule has 1 heterocycles. The molecule has 8 heteroatoms. The quantitative estimate of drug-likeness (QED) is 0.582. The molecule has 1 saturated heterocycles. The Morgan fingerprint density at radius 2 is 1.96 bits per heavy atom. The van der Waals surface area contributed by atoms with Gasteiger partial charge in [-0.3, -0.25) is 14.9 Å². The van der Waals surface area contributed by atoms with Gasteiger partial charge in [0, 0.05) is 11.6 Å². The lowest BCUT2D eigenvalue weighted by molar-refractivity contribution is -0.880. The van der Waals surface area contributed by atoms with Gasteiger partial charge in [0.25, 0.3) is 5.91 Å². The van der Waals surface area contributed by atoms with Crippen molar-refractivity contribution in [2.75, 3.05) is 50.1 Å². The van der Waals surface area contributed by atoms with Gasteiger partial charge >= 0.3 is 5.69 Å². The first-order valence-corrected chi connectivity index (χ1v) is 9.37. The normalized spacial score (nSPS) is 14.6. The molecule has 0 atom stereocenters. The van der Waals surface area contributed by atoms with Crippen LogP contribution in [0, 0.1) is 10.1 Å². The predicted octanol–water partition coefficient (Wildman–Crippen LogP) is 1.58. The minimum absolute atomic E-state index is 0.157. The third-order valence-electron chi connectivity index (χ3n) is 4.83. The summed E-state index contributed by atoms with van der Waals surface area (Å²) in [4.78, 5) is 27.2. The monoisotopic (exact) mass is 385 g/mol. The summed E-state index contributed by atoms with van der Waals surface area (Å²) in [6, 6.07) is 11.9. The number of hydrogen-bond acceptors (Lipinski definition) is 5. The molecule has 1 aliphatic rings.